The topological polar surface area (TPSA) is 94.9 Å². The zero-order valence-electron chi connectivity index (χ0n) is 25.5. The summed E-state index contributed by atoms with van der Waals surface area (Å²) in [4.78, 5) is 5.01. The van der Waals surface area contributed by atoms with E-state index in [9.17, 15) is 15.3 Å². The Morgan fingerprint density at radius 2 is 1.26 bits per heavy atom. The van der Waals surface area contributed by atoms with E-state index in [1.165, 1.54) is 22.3 Å². The van der Waals surface area contributed by atoms with Crippen LogP contribution in [-0.2, 0) is 23.7 Å². The number of piperidine rings is 2. The maximum atomic E-state index is 10.6. The Morgan fingerprint density at radius 1 is 0.744 bits per heavy atom. The molecule has 10 atom stereocenters. The monoisotopic (exact) mass is 588 g/mol. The van der Waals surface area contributed by atoms with Gasteiger partial charge in [0, 0.05) is 34.0 Å². The lowest BCUT2D eigenvalue weighted by Crippen LogP contribution is -2.66. The van der Waals surface area contributed by atoms with Crippen LogP contribution in [0.1, 0.15) is 60.8 Å². The first-order valence-electron chi connectivity index (χ1n) is 16.4. The van der Waals surface area contributed by atoms with E-state index in [0.717, 1.165) is 76.0 Å². The van der Waals surface area contributed by atoms with Crippen LogP contribution in [0.25, 0.3) is 0 Å². The molecule has 4 heterocycles. The van der Waals surface area contributed by atoms with Crippen LogP contribution in [0, 0.1) is 11.8 Å². The summed E-state index contributed by atoms with van der Waals surface area (Å²) in [6.45, 7) is 2.13. The molecule has 2 spiro atoms. The number of aliphatic hydroxyl groups is 2. The van der Waals surface area contributed by atoms with E-state index >= 15 is 0 Å². The van der Waals surface area contributed by atoms with Gasteiger partial charge in [0.05, 0.1) is 19.3 Å². The highest BCUT2D eigenvalue weighted by atomic mass is 16.5. The van der Waals surface area contributed by atoms with Crippen molar-refractivity contribution in [1.29, 1.82) is 0 Å². The van der Waals surface area contributed by atoms with Gasteiger partial charge in [0.1, 0.15) is 12.2 Å². The number of hydrogen-bond acceptors (Lipinski definition) is 8. The quantitative estimate of drug-likeness (QED) is 0.468. The Labute approximate surface area is 253 Å². The second kappa shape index (κ2) is 9.03. The molecule has 43 heavy (non-hydrogen) atoms. The Kier molecular flexibility index (Phi) is 5.63. The van der Waals surface area contributed by atoms with E-state index in [2.05, 4.69) is 36.0 Å². The molecular weight excluding hydrogens is 544 g/mol. The van der Waals surface area contributed by atoms with Gasteiger partial charge in [0.15, 0.2) is 23.0 Å². The van der Waals surface area contributed by atoms with Gasteiger partial charge < -0.3 is 39.3 Å². The predicted octanol–water partition coefficient (Wildman–Crippen LogP) is 3.15. The third kappa shape index (κ3) is 3.21. The van der Waals surface area contributed by atoms with E-state index in [4.69, 9.17) is 14.2 Å². The minimum absolute atomic E-state index is 0.00625. The van der Waals surface area contributed by atoms with Crippen LogP contribution in [0.4, 0.5) is 0 Å². The highest BCUT2D eigenvalue weighted by molar-refractivity contribution is 5.62. The van der Waals surface area contributed by atoms with E-state index in [1.54, 1.807) is 13.2 Å². The molecule has 230 valence electrons. The van der Waals surface area contributed by atoms with Crippen molar-refractivity contribution in [2.75, 3.05) is 34.3 Å². The third-order valence-electron chi connectivity index (χ3n) is 13.3. The summed E-state index contributed by atoms with van der Waals surface area (Å²) in [5.41, 5.74) is 5.24. The predicted molar refractivity (Wildman–Crippen MR) is 160 cm³/mol. The van der Waals surface area contributed by atoms with Crippen LogP contribution in [0.2, 0.25) is 0 Å². The van der Waals surface area contributed by atoms with Gasteiger partial charge in [-0.2, -0.15) is 0 Å². The van der Waals surface area contributed by atoms with E-state index in [1.807, 2.05) is 6.07 Å². The summed E-state index contributed by atoms with van der Waals surface area (Å²) in [5, 5.41) is 31.4. The Balaban J connectivity index is 0.000000121. The van der Waals surface area contributed by atoms with Gasteiger partial charge in [0.2, 0.25) is 0 Å². The number of nitrogens with zero attached hydrogens (tertiary/aromatic N) is 2. The number of likely N-dealkylation sites (tertiary alicyclic amines) is 2. The molecule has 2 saturated heterocycles. The third-order valence-corrected chi connectivity index (χ3v) is 13.3. The average molecular weight is 589 g/mol. The van der Waals surface area contributed by atoms with E-state index in [0.29, 0.717) is 29.7 Å². The van der Waals surface area contributed by atoms with Crippen LogP contribution in [0.5, 0.6) is 23.0 Å². The number of aromatic hydroxyl groups is 1. The van der Waals surface area contributed by atoms with Crippen LogP contribution in [0.15, 0.2) is 24.3 Å². The SMILES string of the molecule is CN1CC[C@]23c4c5ccc(O)c4O[C@H]2[C@@H](O)CC[C@H]3[C@H]1C5.COc1ccc2c3c1O[C@H]1[C@@H](O)CC[C@H]4[C@@H](C2)N(C)CC[C@@]341. The first-order valence-corrected chi connectivity index (χ1v) is 16.4. The fourth-order valence-electron chi connectivity index (χ4n) is 11.6. The Hall–Kier alpha value is -2.52. The zero-order chi connectivity index (χ0) is 29.4. The van der Waals surface area contributed by atoms with Crippen molar-refractivity contribution in [2.45, 2.75) is 98.7 Å². The van der Waals surface area contributed by atoms with Crippen molar-refractivity contribution < 1.29 is 29.5 Å². The van der Waals surface area contributed by atoms with E-state index in [-0.39, 0.29) is 34.9 Å². The second-order valence-corrected chi connectivity index (χ2v) is 14.7. The molecule has 10 rings (SSSR count). The van der Waals surface area contributed by atoms with Gasteiger partial charge in [-0.3, -0.25) is 0 Å². The van der Waals surface area contributed by atoms with Gasteiger partial charge in [0.25, 0.3) is 0 Å². The highest BCUT2D eigenvalue weighted by Crippen LogP contribution is 2.65. The number of phenolic OH excluding ortho intramolecular Hbond substituents is 1. The fourth-order valence-corrected chi connectivity index (χ4v) is 11.6. The number of ether oxygens (including phenoxy) is 3. The van der Waals surface area contributed by atoms with Crippen LogP contribution >= 0.6 is 0 Å². The van der Waals surface area contributed by atoms with Crippen molar-refractivity contribution in [2.24, 2.45) is 11.8 Å². The Morgan fingerprint density at radius 3 is 1.81 bits per heavy atom. The standard InChI is InChI=1S/C18H23NO3.C17H21NO3/c1-19-8-7-18-11-4-5-13(20)17(18)22-16-14(21-2)6-3-10(15(16)18)9-12(11)19;1-18-7-6-17-10-3-5-13(20)16(17)21-15-12(19)4-2-9(14(15)17)8-11(10)18/h3,6,11-13,17,20H,4-5,7-9H2,1-2H3;2,4,10-11,13,16,19-20H,3,5-8H2,1H3/t11-,12+,13-,17-,18-;10-,11+,13-,16-,17-/m00/s1. The molecule has 4 fully saturated rings. The maximum Gasteiger partial charge on any atom is 0.165 e. The van der Waals surface area contributed by atoms with Gasteiger partial charge >= 0.3 is 0 Å². The normalized spacial score (nSPS) is 42.5. The average Bonchev–Trinajstić information content (AvgIpc) is 3.55. The number of hydrogen-bond donors (Lipinski definition) is 3. The van der Waals surface area contributed by atoms with Crippen molar-refractivity contribution >= 4 is 0 Å². The molecule has 2 aromatic carbocycles. The van der Waals surface area contributed by atoms with Crippen LogP contribution < -0.4 is 14.2 Å². The lowest BCUT2D eigenvalue weighted by molar-refractivity contribution is -0.0993. The molecule has 8 heteroatoms. The molecule has 2 aromatic rings. The number of methoxy groups -OCH3 is 1. The van der Waals surface area contributed by atoms with Gasteiger partial charge in [-0.1, -0.05) is 12.1 Å². The molecule has 4 aliphatic carbocycles. The molecule has 4 aliphatic heterocycles. The van der Waals surface area contributed by atoms with Gasteiger partial charge in [-0.25, -0.2) is 0 Å². The molecule has 3 N–H and O–H groups in total. The summed E-state index contributed by atoms with van der Waals surface area (Å²) in [7, 11) is 6.18. The number of benzene rings is 2. The first kappa shape index (κ1) is 26.8. The molecule has 8 nitrogen and oxygen atoms in total. The van der Waals surface area contributed by atoms with Crippen LogP contribution in [-0.4, -0.2) is 95.9 Å². The summed E-state index contributed by atoms with van der Waals surface area (Å²) < 4.78 is 18.0. The smallest absolute Gasteiger partial charge is 0.165 e. The second-order valence-electron chi connectivity index (χ2n) is 14.7. The molecule has 0 radical (unpaired) electrons. The van der Waals surface area contributed by atoms with Crippen molar-refractivity contribution in [1.82, 2.24) is 9.80 Å². The van der Waals surface area contributed by atoms with Crippen molar-refractivity contribution in [3.63, 3.8) is 0 Å². The van der Waals surface area contributed by atoms with Crippen LogP contribution in [0.3, 0.4) is 0 Å². The molecule has 4 bridgehead atoms. The molecule has 8 aliphatic rings. The minimum atomic E-state index is -0.414. The van der Waals surface area contributed by atoms with Crippen molar-refractivity contribution in [3.8, 4) is 23.0 Å². The van der Waals surface area contributed by atoms with Gasteiger partial charge in [-0.05, 0) is 114 Å². The minimum Gasteiger partial charge on any atom is -0.504 e. The molecule has 2 saturated carbocycles. The maximum absolute atomic E-state index is 10.6. The summed E-state index contributed by atoms with van der Waals surface area (Å²) in [6, 6.07) is 9.19. The number of phenols is 1. The fraction of sp³-hybridized carbons (Fsp3) is 0.657. The Bertz CT molecular complexity index is 1500. The largest absolute Gasteiger partial charge is 0.504 e. The summed E-state index contributed by atoms with van der Waals surface area (Å²) in [5.74, 6) is 3.78. The lowest BCUT2D eigenvalue weighted by Gasteiger charge is -2.58. The molecular formula is C35H44N2O6. The number of aliphatic hydroxyl groups excluding tert-OH is 2. The molecule has 0 aromatic heterocycles. The lowest BCUT2D eigenvalue weighted by atomic mass is 9.51. The van der Waals surface area contributed by atoms with Gasteiger partial charge in [-0.15, -0.1) is 0 Å². The first-order chi connectivity index (χ1) is 20.8. The zero-order valence-corrected chi connectivity index (χ0v) is 25.5. The summed E-state index contributed by atoms with van der Waals surface area (Å²) in [6.07, 6.45) is 7.04. The number of likely N-dealkylation sites (N-methyl/N-ethyl adjacent to an activating group) is 2. The number of rotatable bonds is 1. The molecule has 0 amide bonds. The van der Waals surface area contributed by atoms with E-state index < -0.39 is 6.10 Å². The molecule has 0 unspecified atom stereocenters. The van der Waals surface area contributed by atoms with Crippen molar-refractivity contribution in [3.05, 3.63) is 46.5 Å². The highest BCUT2D eigenvalue weighted by Gasteiger charge is 2.66. The summed E-state index contributed by atoms with van der Waals surface area (Å²) >= 11 is 0.